The summed E-state index contributed by atoms with van der Waals surface area (Å²) in [5.41, 5.74) is 2.08. The molecule has 0 saturated heterocycles. The molecule has 32 heavy (non-hydrogen) atoms. The summed E-state index contributed by atoms with van der Waals surface area (Å²) in [7, 11) is 0. The highest BCUT2D eigenvalue weighted by Crippen LogP contribution is 2.27. The number of imidazole rings is 1. The van der Waals surface area contributed by atoms with Crippen LogP contribution >= 0.6 is 0 Å². The lowest BCUT2D eigenvalue weighted by Gasteiger charge is -2.05. The lowest BCUT2D eigenvalue weighted by Crippen LogP contribution is -2.07. The Bertz CT molecular complexity index is 1330. The van der Waals surface area contributed by atoms with Crippen LogP contribution in [0.2, 0.25) is 0 Å². The van der Waals surface area contributed by atoms with Crippen LogP contribution in [0.15, 0.2) is 72.8 Å². The zero-order chi connectivity index (χ0) is 22.0. The van der Waals surface area contributed by atoms with Gasteiger partial charge in [0.1, 0.15) is 11.3 Å². The fraction of sp³-hybridized carbons (Fsp3) is 0.0435. The minimum absolute atomic E-state index is 0. The van der Waals surface area contributed by atoms with Gasteiger partial charge in [-0.05, 0) is 42.5 Å². The van der Waals surface area contributed by atoms with E-state index >= 15 is 0 Å². The normalized spacial score (nSPS) is 10.8. The van der Waals surface area contributed by atoms with E-state index in [4.69, 9.17) is 0 Å². The Balaban J connectivity index is 0.00000289. The molecule has 0 fully saturated rings. The number of carbonyl (C=O) groups excluding carboxylic acids is 1. The second-order valence-electron chi connectivity index (χ2n) is 6.64. The number of non-ortho nitro benzene ring substituents is 1. The van der Waals surface area contributed by atoms with E-state index in [0.29, 0.717) is 22.3 Å². The van der Waals surface area contributed by atoms with Crippen LogP contribution in [-0.4, -0.2) is 30.9 Å². The van der Waals surface area contributed by atoms with Gasteiger partial charge in [-0.1, -0.05) is 25.6 Å². The summed E-state index contributed by atoms with van der Waals surface area (Å²) in [5.74, 6) is -0.0846. The lowest BCUT2D eigenvalue weighted by molar-refractivity contribution is -0.384. The summed E-state index contributed by atoms with van der Waals surface area (Å²) in [6, 6.07) is 17.3. The van der Waals surface area contributed by atoms with Gasteiger partial charge in [-0.2, -0.15) is 4.73 Å². The van der Waals surface area contributed by atoms with Crippen LogP contribution in [-0.2, 0) is 4.79 Å². The number of nitro groups is 1. The van der Waals surface area contributed by atoms with E-state index in [0.717, 1.165) is 4.73 Å². The maximum Gasteiger partial charge on any atom is 0.271 e. The molecule has 0 unspecified atom stereocenters. The molecule has 0 atom stereocenters. The number of hydrogen-bond acceptors (Lipinski definition) is 6. The highest BCUT2D eigenvalue weighted by atomic mass is 16.6. The molecule has 9 nitrogen and oxygen atoms in total. The third kappa shape index (κ3) is 4.41. The van der Waals surface area contributed by atoms with E-state index in [1.807, 2.05) is 0 Å². The molecule has 0 aliphatic heterocycles. The van der Waals surface area contributed by atoms with Gasteiger partial charge in [-0.15, -0.1) is 0 Å². The first kappa shape index (κ1) is 22.0. The number of fused-ring (bicyclic) bond motifs is 1. The minimum atomic E-state index is -0.544. The molecule has 0 radical (unpaired) electrons. The molecule has 3 aromatic carbocycles. The highest BCUT2D eigenvalue weighted by Gasteiger charge is 2.15. The number of aromatic hydroxyl groups is 1. The van der Waals surface area contributed by atoms with Gasteiger partial charge in [0.25, 0.3) is 5.69 Å². The van der Waals surface area contributed by atoms with E-state index in [1.54, 1.807) is 42.5 Å². The minimum Gasteiger partial charge on any atom is -0.507 e. The van der Waals surface area contributed by atoms with Crippen molar-refractivity contribution in [3.63, 3.8) is 0 Å². The number of carbonyl (C=O) groups is 1. The molecule has 9 heteroatoms. The molecule has 0 saturated carbocycles. The topological polar surface area (TPSA) is 131 Å². The zero-order valence-corrected chi connectivity index (χ0v) is 16.0. The number of nitrogens with one attached hydrogen (secondary N) is 1. The molecule has 1 aromatic heterocycles. The molecule has 3 N–H and O–H groups in total. The first-order valence-electron chi connectivity index (χ1n) is 9.16. The third-order valence-electron chi connectivity index (χ3n) is 4.59. The maximum absolute atomic E-state index is 12.1. The van der Waals surface area contributed by atoms with Gasteiger partial charge in [-0.3, -0.25) is 14.9 Å². The average molecular weight is 432 g/mol. The smallest absolute Gasteiger partial charge is 0.271 e. The SMILES string of the molecule is C.O=C(/C=C/c1ccccc1O)Nc1ccc(-c2nc3ccc([N+](=O)[O-])cc3n2O)cc1. The predicted octanol–water partition coefficient (Wildman–Crippen LogP) is 4.84. The van der Waals surface area contributed by atoms with Crippen LogP contribution < -0.4 is 5.32 Å². The molecule has 4 rings (SSSR count). The van der Waals surface area contributed by atoms with Crippen molar-refractivity contribution >= 4 is 34.4 Å². The Morgan fingerprint density at radius 2 is 1.81 bits per heavy atom. The van der Waals surface area contributed by atoms with Crippen LogP contribution in [0.3, 0.4) is 0 Å². The van der Waals surface area contributed by atoms with Gasteiger partial charge in [0.15, 0.2) is 5.82 Å². The van der Waals surface area contributed by atoms with Gasteiger partial charge < -0.3 is 15.6 Å². The van der Waals surface area contributed by atoms with E-state index < -0.39 is 4.92 Å². The van der Waals surface area contributed by atoms with E-state index in [9.17, 15) is 25.2 Å². The molecule has 162 valence electrons. The summed E-state index contributed by atoms with van der Waals surface area (Å²) in [6.07, 6.45) is 2.81. The molecule has 0 bridgehead atoms. The molecule has 1 heterocycles. The van der Waals surface area contributed by atoms with Crippen molar-refractivity contribution in [1.29, 1.82) is 0 Å². The molecule has 0 spiro atoms. The number of phenols is 1. The number of benzene rings is 3. The Kier molecular flexibility index (Phi) is 6.20. The number of amides is 1. The van der Waals surface area contributed by atoms with Gasteiger partial charge in [0, 0.05) is 35.0 Å². The fourth-order valence-corrected chi connectivity index (χ4v) is 3.03. The van der Waals surface area contributed by atoms with E-state index in [1.165, 1.54) is 36.4 Å². The molecule has 0 aliphatic rings. The van der Waals surface area contributed by atoms with Crippen molar-refractivity contribution in [3.8, 4) is 17.1 Å². The van der Waals surface area contributed by atoms with Crippen molar-refractivity contribution in [2.45, 2.75) is 7.43 Å². The zero-order valence-electron chi connectivity index (χ0n) is 16.0. The van der Waals surface area contributed by atoms with Crippen molar-refractivity contribution < 1.29 is 20.0 Å². The quantitative estimate of drug-likeness (QED) is 0.179. The third-order valence-corrected chi connectivity index (χ3v) is 4.59. The van der Waals surface area contributed by atoms with E-state index in [-0.39, 0.29) is 36.1 Å². The Morgan fingerprint density at radius 1 is 1.09 bits per heavy atom. The maximum atomic E-state index is 12.1. The molecular weight excluding hydrogens is 412 g/mol. The van der Waals surface area contributed by atoms with Gasteiger partial charge in [0.05, 0.1) is 10.4 Å². The highest BCUT2D eigenvalue weighted by molar-refractivity contribution is 6.02. The first-order chi connectivity index (χ1) is 14.9. The van der Waals surface area contributed by atoms with Gasteiger partial charge in [-0.25, -0.2) is 4.98 Å². The first-order valence-corrected chi connectivity index (χ1v) is 9.16. The summed E-state index contributed by atoms with van der Waals surface area (Å²) in [4.78, 5) is 26.8. The monoisotopic (exact) mass is 432 g/mol. The number of aromatic nitrogens is 2. The molecule has 0 aliphatic carbocycles. The Hall–Kier alpha value is -4.66. The number of nitrogens with zero attached hydrogens (tertiary/aromatic N) is 3. The Labute approximate surface area is 183 Å². The van der Waals surface area contributed by atoms with Gasteiger partial charge >= 0.3 is 0 Å². The van der Waals surface area contributed by atoms with Gasteiger partial charge in [0.2, 0.25) is 5.91 Å². The number of para-hydroxylation sites is 1. The van der Waals surface area contributed by atoms with Crippen LogP contribution in [0.25, 0.3) is 28.5 Å². The van der Waals surface area contributed by atoms with Crippen molar-refractivity contribution in [1.82, 2.24) is 9.71 Å². The van der Waals surface area contributed by atoms with Crippen LogP contribution in [0.1, 0.15) is 13.0 Å². The van der Waals surface area contributed by atoms with Crippen LogP contribution in [0.4, 0.5) is 11.4 Å². The van der Waals surface area contributed by atoms with Crippen molar-refractivity contribution in [2.24, 2.45) is 0 Å². The molecule has 4 aromatic rings. The second kappa shape index (κ2) is 9.00. The summed E-state index contributed by atoms with van der Waals surface area (Å²) >= 11 is 0. The lowest BCUT2D eigenvalue weighted by atomic mass is 10.2. The number of phenolic OH excluding ortho intramolecular Hbond substituents is 1. The van der Waals surface area contributed by atoms with E-state index in [2.05, 4.69) is 10.3 Å². The Morgan fingerprint density at radius 3 is 2.50 bits per heavy atom. The summed E-state index contributed by atoms with van der Waals surface area (Å²) < 4.78 is 0.797. The molecule has 1 amide bonds. The average Bonchev–Trinajstić information content (AvgIpc) is 3.09. The summed E-state index contributed by atoms with van der Waals surface area (Å²) in [6.45, 7) is 0. The molecular formula is C23H20N4O5. The fourth-order valence-electron chi connectivity index (χ4n) is 3.03. The number of rotatable bonds is 5. The van der Waals surface area contributed by atoms with Crippen LogP contribution in [0.5, 0.6) is 5.75 Å². The standard InChI is InChI=1S/C22H16N4O5.CH4/c27-20-4-2-1-3-14(20)7-12-21(28)23-16-8-5-15(6-9-16)22-24-18-11-10-17(26(30)31)13-19(18)25(22)29;/h1-13,27,29H,(H,23,28);1H4/b12-7+;. The van der Waals surface area contributed by atoms with Crippen molar-refractivity contribution in [2.75, 3.05) is 5.32 Å². The number of hydrogen-bond donors (Lipinski definition) is 3. The predicted molar refractivity (Wildman–Crippen MR) is 122 cm³/mol. The van der Waals surface area contributed by atoms with Crippen molar-refractivity contribution in [3.05, 3.63) is 88.5 Å². The number of anilines is 1. The van der Waals surface area contributed by atoms with Crippen LogP contribution in [0, 0.1) is 10.1 Å². The number of nitro benzene ring substituents is 1. The largest absolute Gasteiger partial charge is 0.507 e. The second-order valence-corrected chi connectivity index (χ2v) is 6.64. The summed E-state index contributed by atoms with van der Waals surface area (Å²) in [5, 5.41) is 33.8.